The molecule has 0 spiro atoms. The summed E-state index contributed by atoms with van der Waals surface area (Å²) in [5, 5.41) is 3.48. The molecule has 1 heteroatoms. The van der Waals surface area contributed by atoms with Gasteiger partial charge in [0.1, 0.15) is 0 Å². The molecule has 1 aromatic rings. The molecule has 2 bridgehead atoms. The molecule has 2 aliphatic carbocycles. The largest absolute Gasteiger partial charge is 0.319 e. The minimum absolute atomic E-state index is 0.540. The van der Waals surface area contributed by atoms with Crippen molar-refractivity contribution in [3.63, 3.8) is 0 Å². The molecule has 3 unspecified atom stereocenters. The van der Waals surface area contributed by atoms with Crippen LogP contribution in [0.25, 0.3) is 0 Å². The Morgan fingerprint density at radius 2 is 1.89 bits per heavy atom. The van der Waals surface area contributed by atoms with E-state index in [-0.39, 0.29) is 0 Å². The minimum Gasteiger partial charge on any atom is -0.319 e. The van der Waals surface area contributed by atoms with Crippen molar-refractivity contribution in [2.45, 2.75) is 46.0 Å². The molecule has 0 saturated heterocycles. The van der Waals surface area contributed by atoms with Crippen LogP contribution < -0.4 is 5.32 Å². The Labute approximate surface area is 117 Å². The van der Waals surface area contributed by atoms with E-state index in [0.717, 1.165) is 11.8 Å². The highest BCUT2D eigenvalue weighted by molar-refractivity contribution is 5.30. The Morgan fingerprint density at radius 3 is 2.42 bits per heavy atom. The Kier molecular flexibility index (Phi) is 3.42. The van der Waals surface area contributed by atoms with Crippen molar-refractivity contribution in [2.75, 3.05) is 13.6 Å². The summed E-state index contributed by atoms with van der Waals surface area (Å²) in [6.45, 7) is 5.64. The lowest BCUT2D eigenvalue weighted by molar-refractivity contribution is 0.160. The fourth-order valence-corrected chi connectivity index (χ4v) is 4.98. The Balaban J connectivity index is 1.86. The minimum atomic E-state index is 0.540. The standard InChI is InChI=1S/C18H27N/c1-13-6-14(2)8-16(7-13)11-18(12-19-3)10-15-4-5-17(18)9-15/h6-8,15,17,19H,4-5,9-12H2,1-3H3. The van der Waals surface area contributed by atoms with E-state index in [9.17, 15) is 0 Å². The van der Waals surface area contributed by atoms with Gasteiger partial charge in [0.15, 0.2) is 0 Å². The summed E-state index contributed by atoms with van der Waals surface area (Å²) < 4.78 is 0. The van der Waals surface area contributed by atoms with E-state index in [2.05, 4.69) is 44.4 Å². The highest BCUT2D eigenvalue weighted by Crippen LogP contribution is 2.57. The molecule has 104 valence electrons. The summed E-state index contributed by atoms with van der Waals surface area (Å²) in [6.07, 6.45) is 7.18. The Bertz CT molecular complexity index is 445. The molecule has 1 N–H and O–H groups in total. The van der Waals surface area contributed by atoms with Gasteiger partial charge in [0.05, 0.1) is 0 Å². The van der Waals surface area contributed by atoms with Gasteiger partial charge in [-0.3, -0.25) is 0 Å². The lowest BCUT2D eigenvalue weighted by Gasteiger charge is -2.38. The van der Waals surface area contributed by atoms with Crippen LogP contribution in [0, 0.1) is 31.1 Å². The number of hydrogen-bond acceptors (Lipinski definition) is 1. The third-order valence-electron chi connectivity index (χ3n) is 5.47. The third kappa shape index (κ3) is 2.45. The van der Waals surface area contributed by atoms with Gasteiger partial charge in [-0.05, 0) is 69.4 Å². The first-order chi connectivity index (χ1) is 9.11. The molecule has 0 amide bonds. The molecule has 2 aliphatic rings. The van der Waals surface area contributed by atoms with E-state index in [0.29, 0.717) is 5.41 Å². The number of benzene rings is 1. The van der Waals surface area contributed by atoms with Crippen molar-refractivity contribution in [1.29, 1.82) is 0 Å². The lowest BCUT2D eigenvalue weighted by atomic mass is 9.69. The molecule has 2 saturated carbocycles. The van der Waals surface area contributed by atoms with Gasteiger partial charge < -0.3 is 5.32 Å². The molecule has 19 heavy (non-hydrogen) atoms. The SMILES string of the molecule is CNCC1(Cc2cc(C)cc(C)c2)CC2CCC1C2. The zero-order valence-corrected chi connectivity index (χ0v) is 12.6. The molecule has 0 aromatic heterocycles. The fourth-order valence-electron chi connectivity index (χ4n) is 4.98. The van der Waals surface area contributed by atoms with Gasteiger partial charge in [-0.25, -0.2) is 0 Å². The first-order valence-corrected chi connectivity index (χ1v) is 7.83. The smallest absolute Gasteiger partial charge is 0.00108 e. The number of nitrogens with one attached hydrogen (secondary N) is 1. The summed E-state index contributed by atoms with van der Waals surface area (Å²) in [7, 11) is 2.12. The second-order valence-corrected chi connectivity index (χ2v) is 7.15. The monoisotopic (exact) mass is 257 g/mol. The second-order valence-electron chi connectivity index (χ2n) is 7.15. The summed E-state index contributed by atoms with van der Waals surface area (Å²) in [5.41, 5.74) is 4.92. The predicted octanol–water partition coefficient (Wildman–Crippen LogP) is 3.87. The van der Waals surface area contributed by atoms with Gasteiger partial charge in [0, 0.05) is 6.54 Å². The number of rotatable bonds is 4. The van der Waals surface area contributed by atoms with Gasteiger partial charge in [-0.1, -0.05) is 35.7 Å². The molecule has 3 rings (SSSR count). The molecular weight excluding hydrogens is 230 g/mol. The van der Waals surface area contributed by atoms with Crippen molar-refractivity contribution in [1.82, 2.24) is 5.32 Å². The van der Waals surface area contributed by atoms with Crippen LogP contribution in [0.4, 0.5) is 0 Å². The van der Waals surface area contributed by atoms with Crippen LogP contribution in [0.15, 0.2) is 18.2 Å². The van der Waals surface area contributed by atoms with E-state index in [1.807, 2.05) is 0 Å². The van der Waals surface area contributed by atoms with Crippen molar-refractivity contribution in [3.8, 4) is 0 Å². The van der Waals surface area contributed by atoms with E-state index < -0.39 is 0 Å². The first kappa shape index (κ1) is 13.2. The quantitative estimate of drug-likeness (QED) is 0.863. The maximum absolute atomic E-state index is 3.48. The third-order valence-corrected chi connectivity index (χ3v) is 5.47. The van der Waals surface area contributed by atoms with E-state index >= 15 is 0 Å². The Morgan fingerprint density at radius 1 is 1.16 bits per heavy atom. The number of hydrogen-bond donors (Lipinski definition) is 1. The number of aryl methyl sites for hydroxylation is 2. The summed E-state index contributed by atoms with van der Waals surface area (Å²) in [4.78, 5) is 0. The summed E-state index contributed by atoms with van der Waals surface area (Å²) in [5.74, 6) is 1.98. The molecule has 1 nitrogen and oxygen atoms in total. The molecule has 1 aromatic carbocycles. The van der Waals surface area contributed by atoms with Crippen LogP contribution >= 0.6 is 0 Å². The zero-order chi connectivity index (χ0) is 13.5. The van der Waals surface area contributed by atoms with Crippen LogP contribution in [0.5, 0.6) is 0 Å². The lowest BCUT2D eigenvalue weighted by Crippen LogP contribution is -2.39. The van der Waals surface area contributed by atoms with Crippen LogP contribution in [0.2, 0.25) is 0 Å². The highest BCUT2D eigenvalue weighted by atomic mass is 14.8. The van der Waals surface area contributed by atoms with Gasteiger partial charge in [0.2, 0.25) is 0 Å². The zero-order valence-electron chi connectivity index (χ0n) is 12.6. The average Bonchev–Trinajstić information content (AvgIpc) is 2.88. The maximum Gasteiger partial charge on any atom is 0.00108 e. The molecule has 0 aliphatic heterocycles. The maximum atomic E-state index is 3.48. The van der Waals surface area contributed by atoms with Crippen molar-refractivity contribution >= 4 is 0 Å². The van der Waals surface area contributed by atoms with Crippen molar-refractivity contribution < 1.29 is 0 Å². The molecule has 3 atom stereocenters. The molecule has 0 radical (unpaired) electrons. The number of fused-ring (bicyclic) bond motifs is 2. The van der Waals surface area contributed by atoms with Crippen molar-refractivity contribution in [2.24, 2.45) is 17.3 Å². The van der Waals surface area contributed by atoms with E-state index in [4.69, 9.17) is 0 Å². The van der Waals surface area contributed by atoms with E-state index in [1.54, 1.807) is 5.56 Å². The molecular formula is C18H27N. The second kappa shape index (κ2) is 4.94. The van der Waals surface area contributed by atoms with Crippen LogP contribution in [0.3, 0.4) is 0 Å². The van der Waals surface area contributed by atoms with Gasteiger partial charge in [-0.15, -0.1) is 0 Å². The van der Waals surface area contributed by atoms with Crippen LogP contribution in [-0.4, -0.2) is 13.6 Å². The normalized spacial score (nSPS) is 33.0. The first-order valence-electron chi connectivity index (χ1n) is 7.83. The van der Waals surface area contributed by atoms with Crippen LogP contribution in [0.1, 0.15) is 42.4 Å². The van der Waals surface area contributed by atoms with Crippen molar-refractivity contribution in [3.05, 3.63) is 34.9 Å². The summed E-state index contributed by atoms with van der Waals surface area (Å²) >= 11 is 0. The summed E-state index contributed by atoms with van der Waals surface area (Å²) in [6, 6.07) is 7.09. The highest BCUT2D eigenvalue weighted by Gasteiger charge is 2.50. The van der Waals surface area contributed by atoms with Gasteiger partial charge in [-0.2, -0.15) is 0 Å². The van der Waals surface area contributed by atoms with E-state index in [1.165, 1.54) is 49.8 Å². The predicted molar refractivity (Wildman–Crippen MR) is 81.4 cm³/mol. The fraction of sp³-hybridized carbons (Fsp3) is 0.667. The average molecular weight is 257 g/mol. The molecule has 0 heterocycles. The topological polar surface area (TPSA) is 12.0 Å². The van der Waals surface area contributed by atoms with Crippen LogP contribution in [-0.2, 0) is 6.42 Å². The molecule has 2 fully saturated rings. The Hall–Kier alpha value is -0.820. The van der Waals surface area contributed by atoms with Gasteiger partial charge >= 0.3 is 0 Å². The van der Waals surface area contributed by atoms with Gasteiger partial charge in [0.25, 0.3) is 0 Å².